The van der Waals surface area contributed by atoms with Gasteiger partial charge in [0.2, 0.25) is 0 Å². The average Bonchev–Trinajstić information content (AvgIpc) is 2.54. The summed E-state index contributed by atoms with van der Waals surface area (Å²) in [5.41, 5.74) is 0.813. The highest BCUT2D eigenvalue weighted by Crippen LogP contribution is 2.32. The van der Waals surface area contributed by atoms with Gasteiger partial charge in [-0.05, 0) is 31.5 Å². The number of fused-ring (bicyclic) bond motifs is 3. The van der Waals surface area contributed by atoms with E-state index in [1.165, 1.54) is 6.92 Å². The van der Waals surface area contributed by atoms with Crippen molar-refractivity contribution in [2.75, 3.05) is 27.0 Å². The molecule has 0 unspecified atom stereocenters. The summed E-state index contributed by atoms with van der Waals surface area (Å²) in [4.78, 5) is 25.6. The zero-order valence-corrected chi connectivity index (χ0v) is 13.3. The third kappa shape index (κ3) is 3.13. The number of hydrogen-bond donors (Lipinski definition) is 0. The molecule has 122 valence electrons. The summed E-state index contributed by atoms with van der Waals surface area (Å²) in [6.45, 7) is 4.02. The van der Waals surface area contributed by atoms with Crippen LogP contribution in [0.4, 0.5) is 0 Å². The van der Waals surface area contributed by atoms with Gasteiger partial charge in [0.15, 0.2) is 5.78 Å². The molecule has 2 aromatic rings. The maximum atomic E-state index is 12.0. The molecule has 0 aliphatic carbocycles. The monoisotopic (exact) mass is 317 g/mol. The summed E-state index contributed by atoms with van der Waals surface area (Å²) in [5.74, 6) is 0.426. The number of methoxy groups -OCH3 is 1. The first kappa shape index (κ1) is 15.7. The third-order valence-electron chi connectivity index (χ3n) is 3.95. The molecule has 0 saturated carbocycles. The van der Waals surface area contributed by atoms with Gasteiger partial charge >= 0.3 is 5.63 Å². The van der Waals surface area contributed by atoms with Crippen molar-refractivity contribution in [2.45, 2.75) is 19.9 Å². The predicted octanol–water partition coefficient (Wildman–Crippen LogP) is 2.18. The minimum Gasteiger partial charge on any atom is -0.478 e. The first-order valence-corrected chi connectivity index (χ1v) is 7.55. The first-order chi connectivity index (χ1) is 11.1. The lowest BCUT2D eigenvalue weighted by Crippen LogP contribution is -2.33. The smallest absolute Gasteiger partial charge is 0.347 e. The maximum absolute atomic E-state index is 12.0. The number of rotatable bonds is 5. The van der Waals surface area contributed by atoms with Crippen molar-refractivity contribution in [3.8, 4) is 5.75 Å². The minimum absolute atomic E-state index is 0.0751. The van der Waals surface area contributed by atoms with Crippen LogP contribution in [0.25, 0.3) is 11.0 Å². The quantitative estimate of drug-likeness (QED) is 0.478. The Bertz CT molecular complexity index is 795. The summed E-state index contributed by atoms with van der Waals surface area (Å²) in [6.07, 6.45) is 0.901. The molecule has 6 nitrogen and oxygen atoms in total. The van der Waals surface area contributed by atoms with Gasteiger partial charge in [0.25, 0.3) is 0 Å². The summed E-state index contributed by atoms with van der Waals surface area (Å²) in [5, 5.41) is 0.732. The molecule has 1 aromatic heterocycles. The van der Waals surface area contributed by atoms with Crippen LogP contribution in [0.5, 0.6) is 5.75 Å². The van der Waals surface area contributed by atoms with Gasteiger partial charge in [0.1, 0.15) is 23.6 Å². The number of benzene rings is 1. The van der Waals surface area contributed by atoms with Crippen molar-refractivity contribution in [1.82, 2.24) is 4.90 Å². The third-order valence-corrected chi connectivity index (χ3v) is 3.95. The number of carbonyl (C=O) groups excluding carboxylic acids is 1. The number of Topliss-reactive ketones (excluding diaryl/α,β-unsaturated/α-hetero) is 1. The van der Waals surface area contributed by atoms with Crippen LogP contribution in [0.3, 0.4) is 0 Å². The highest BCUT2D eigenvalue weighted by molar-refractivity contribution is 5.97. The van der Waals surface area contributed by atoms with Crippen LogP contribution in [0.2, 0.25) is 0 Å². The Morgan fingerprint density at radius 3 is 2.96 bits per heavy atom. The summed E-state index contributed by atoms with van der Waals surface area (Å²) in [6, 6.07) is 5.26. The molecule has 0 fully saturated rings. The van der Waals surface area contributed by atoms with Crippen molar-refractivity contribution in [2.24, 2.45) is 0 Å². The van der Waals surface area contributed by atoms with Crippen LogP contribution in [0.1, 0.15) is 29.3 Å². The number of hydrogen-bond acceptors (Lipinski definition) is 6. The number of carbonyl (C=O) groups is 1. The van der Waals surface area contributed by atoms with Gasteiger partial charge in [0, 0.05) is 32.2 Å². The normalized spacial score (nSPS) is 14.5. The zero-order valence-electron chi connectivity index (χ0n) is 13.3. The SMILES string of the molecule is COCCCN1COc2ccc3cc(C(C)=O)c(=O)oc3c2C1. The highest BCUT2D eigenvalue weighted by Gasteiger charge is 2.22. The van der Waals surface area contributed by atoms with Gasteiger partial charge in [-0.3, -0.25) is 9.69 Å². The largest absolute Gasteiger partial charge is 0.478 e. The molecule has 1 aromatic carbocycles. The van der Waals surface area contributed by atoms with E-state index in [2.05, 4.69) is 4.90 Å². The van der Waals surface area contributed by atoms with Crippen LogP contribution < -0.4 is 10.4 Å². The second kappa shape index (κ2) is 6.52. The molecular weight excluding hydrogens is 298 g/mol. The van der Waals surface area contributed by atoms with E-state index < -0.39 is 5.63 Å². The van der Waals surface area contributed by atoms with Gasteiger partial charge in [-0.25, -0.2) is 4.79 Å². The molecule has 0 saturated heterocycles. The molecular formula is C17H19NO5. The number of ether oxygens (including phenoxy) is 2. The summed E-state index contributed by atoms with van der Waals surface area (Å²) in [7, 11) is 1.68. The van der Waals surface area contributed by atoms with Crippen molar-refractivity contribution in [3.05, 3.63) is 39.7 Å². The summed E-state index contributed by atoms with van der Waals surface area (Å²) >= 11 is 0. The lowest BCUT2D eigenvalue weighted by molar-refractivity contribution is 0.0837. The van der Waals surface area contributed by atoms with Crippen molar-refractivity contribution >= 4 is 16.8 Å². The second-order valence-electron chi connectivity index (χ2n) is 5.64. The van der Waals surface area contributed by atoms with Crippen LogP contribution in [0, 0.1) is 0 Å². The molecule has 0 amide bonds. The van der Waals surface area contributed by atoms with E-state index in [1.54, 1.807) is 13.2 Å². The molecule has 0 radical (unpaired) electrons. The van der Waals surface area contributed by atoms with Gasteiger partial charge in [0.05, 0.1) is 5.56 Å². The molecule has 0 atom stereocenters. The lowest BCUT2D eigenvalue weighted by Gasteiger charge is -2.29. The summed E-state index contributed by atoms with van der Waals surface area (Å²) < 4.78 is 16.2. The molecule has 3 rings (SSSR count). The van der Waals surface area contributed by atoms with E-state index in [-0.39, 0.29) is 11.3 Å². The fraction of sp³-hybridized carbons (Fsp3) is 0.412. The lowest BCUT2D eigenvalue weighted by atomic mass is 10.1. The number of ketones is 1. The fourth-order valence-corrected chi connectivity index (χ4v) is 2.76. The van der Waals surface area contributed by atoms with Crippen molar-refractivity contribution < 1.29 is 18.7 Å². The average molecular weight is 317 g/mol. The fourth-order valence-electron chi connectivity index (χ4n) is 2.76. The van der Waals surface area contributed by atoms with E-state index in [9.17, 15) is 9.59 Å². The molecule has 0 N–H and O–H groups in total. The van der Waals surface area contributed by atoms with Gasteiger partial charge in [-0.15, -0.1) is 0 Å². The first-order valence-electron chi connectivity index (χ1n) is 7.55. The maximum Gasteiger partial charge on any atom is 0.347 e. The van der Waals surface area contributed by atoms with E-state index in [0.717, 1.165) is 29.7 Å². The molecule has 2 heterocycles. The van der Waals surface area contributed by atoms with Crippen LogP contribution in [0.15, 0.2) is 27.4 Å². The Morgan fingerprint density at radius 1 is 1.39 bits per heavy atom. The topological polar surface area (TPSA) is 69.0 Å². The molecule has 0 spiro atoms. The predicted molar refractivity (Wildman–Crippen MR) is 84.9 cm³/mol. The van der Waals surface area contributed by atoms with E-state index >= 15 is 0 Å². The van der Waals surface area contributed by atoms with Crippen molar-refractivity contribution in [3.63, 3.8) is 0 Å². The molecule has 23 heavy (non-hydrogen) atoms. The standard InChI is InChI=1S/C17H19NO5/c1-11(19)13-8-12-4-5-15-14(16(12)23-17(13)20)9-18(10-22-15)6-3-7-21-2/h4-5,8H,3,6-7,9-10H2,1-2H3. The van der Waals surface area contributed by atoms with Gasteiger partial charge in [-0.1, -0.05) is 0 Å². The Balaban J connectivity index is 1.97. The van der Waals surface area contributed by atoms with E-state index in [4.69, 9.17) is 13.9 Å². The zero-order chi connectivity index (χ0) is 16.4. The minimum atomic E-state index is -0.602. The van der Waals surface area contributed by atoms with Crippen LogP contribution >= 0.6 is 0 Å². The Kier molecular flexibility index (Phi) is 4.45. The Labute approximate surface area is 133 Å². The van der Waals surface area contributed by atoms with Crippen LogP contribution in [-0.4, -0.2) is 37.7 Å². The van der Waals surface area contributed by atoms with E-state index in [0.29, 0.717) is 25.5 Å². The van der Waals surface area contributed by atoms with Gasteiger partial charge < -0.3 is 13.9 Å². The molecule has 1 aliphatic rings. The molecule has 0 bridgehead atoms. The Morgan fingerprint density at radius 2 is 2.22 bits per heavy atom. The number of nitrogens with zero attached hydrogens (tertiary/aromatic N) is 1. The Hall–Kier alpha value is -2.18. The van der Waals surface area contributed by atoms with E-state index in [1.807, 2.05) is 12.1 Å². The van der Waals surface area contributed by atoms with Crippen molar-refractivity contribution in [1.29, 1.82) is 0 Å². The second-order valence-corrected chi connectivity index (χ2v) is 5.64. The highest BCUT2D eigenvalue weighted by atomic mass is 16.5. The molecule has 6 heteroatoms. The molecule has 1 aliphatic heterocycles. The van der Waals surface area contributed by atoms with Crippen LogP contribution in [-0.2, 0) is 11.3 Å². The van der Waals surface area contributed by atoms with Gasteiger partial charge in [-0.2, -0.15) is 0 Å².